The average Bonchev–Trinajstić information content (AvgIpc) is 2.81. The number of carbonyl (C=O) groups is 3. The number of carboxylic acid groups (broad SMARTS) is 2. The van der Waals surface area contributed by atoms with Gasteiger partial charge in [0, 0.05) is 51.0 Å². The van der Waals surface area contributed by atoms with Crippen molar-refractivity contribution in [1.82, 2.24) is 10.2 Å². The van der Waals surface area contributed by atoms with Gasteiger partial charge in [-0.25, -0.2) is 0 Å². The van der Waals surface area contributed by atoms with Gasteiger partial charge in [-0.3, -0.25) is 9.69 Å². The first-order chi connectivity index (χ1) is 17.3. The maximum Gasteiger partial charge on any atom is 1.00 e. The third kappa shape index (κ3) is 34.4. The van der Waals surface area contributed by atoms with Crippen LogP contribution < -0.4 is 74.6 Å². The third-order valence-electron chi connectivity index (χ3n) is 6.32. The van der Waals surface area contributed by atoms with Crippen molar-refractivity contribution in [3.63, 3.8) is 0 Å². The molecule has 0 aromatic heterocycles. The number of unbranched alkanes of at least 4 members (excludes halogenated alkanes) is 11. The van der Waals surface area contributed by atoms with Crippen molar-refractivity contribution in [3.8, 4) is 0 Å². The van der Waals surface area contributed by atoms with Crippen LogP contribution in [0.1, 0.15) is 117 Å². The zero-order chi connectivity index (χ0) is 26.9. The maximum absolute atomic E-state index is 12.1. The number of nitrogens with one attached hydrogen (secondary N) is 1. The minimum Gasteiger partial charge on any atom is -0.550 e. The van der Waals surface area contributed by atoms with E-state index in [4.69, 9.17) is 4.74 Å². The Morgan fingerprint density at radius 1 is 0.658 bits per heavy atom. The van der Waals surface area contributed by atoms with Crippen molar-refractivity contribution in [2.24, 2.45) is 5.92 Å². The van der Waals surface area contributed by atoms with Crippen LogP contribution in [0.3, 0.4) is 0 Å². The number of amides is 1. The fraction of sp³-hybridized carbons (Fsp3) is 0.893. The van der Waals surface area contributed by atoms with E-state index in [1.807, 2.05) is 4.90 Å². The van der Waals surface area contributed by atoms with Gasteiger partial charge in [-0.15, -0.1) is 0 Å². The number of carboxylic acids is 2. The Bertz CT molecular complexity index is 567. The second kappa shape index (κ2) is 31.9. The molecule has 0 fully saturated rings. The van der Waals surface area contributed by atoms with Crippen molar-refractivity contribution in [1.29, 1.82) is 0 Å². The first-order valence-corrected chi connectivity index (χ1v) is 14.3. The van der Waals surface area contributed by atoms with Gasteiger partial charge >= 0.3 is 59.1 Å². The quantitative estimate of drug-likeness (QED) is 0.0834. The predicted octanol–water partition coefficient (Wildman–Crippen LogP) is -3.17. The Hall–Kier alpha value is 0.330. The molecule has 10 heteroatoms. The molecule has 1 N–H and O–H groups in total. The minimum absolute atomic E-state index is 0. The van der Waals surface area contributed by atoms with Crippen LogP contribution in [0.2, 0.25) is 0 Å². The molecule has 0 saturated heterocycles. The standard InChI is InChI=1S/C28H54N2O6.2Na/c1-25(2)15-13-11-9-7-5-3-4-6-8-10-12-14-16-26(31)29-19-21-30(20-17-27(32)33)22-24-36-23-18-28(34)35;;/h25H,3-24H2,1-2H3,(H,29,31)(H,32,33)(H,34,35);;/q;2*+1/p-2. The molecule has 0 atom stereocenters. The van der Waals surface area contributed by atoms with E-state index in [0.717, 1.165) is 18.8 Å². The zero-order valence-corrected chi connectivity index (χ0v) is 29.0. The summed E-state index contributed by atoms with van der Waals surface area (Å²) in [4.78, 5) is 35.1. The molecular weight excluding hydrogens is 506 g/mol. The Kier molecular flexibility index (Phi) is 35.9. The van der Waals surface area contributed by atoms with Crippen LogP contribution >= 0.6 is 0 Å². The SMILES string of the molecule is CC(C)CCCCCCCCCCCCCCC(=O)NCCN(CCOCCC(=O)[O-])CCC(=O)[O-].[Na+].[Na+]. The smallest absolute Gasteiger partial charge is 0.550 e. The first kappa shape index (κ1) is 42.8. The molecule has 0 aliphatic rings. The molecule has 0 heterocycles. The number of hydrogen-bond acceptors (Lipinski definition) is 7. The summed E-state index contributed by atoms with van der Waals surface area (Å²) >= 11 is 0. The summed E-state index contributed by atoms with van der Waals surface area (Å²) in [6.45, 7) is 6.62. The normalized spacial score (nSPS) is 10.7. The summed E-state index contributed by atoms with van der Waals surface area (Å²) in [7, 11) is 0. The number of nitrogens with zero attached hydrogens (tertiary/aromatic N) is 1. The maximum atomic E-state index is 12.1. The monoisotopic (exact) mass is 558 g/mol. The van der Waals surface area contributed by atoms with E-state index in [1.165, 1.54) is 70.6 Å². The van der Waals surface area contributed by atoms with E-state index in [2.05, 4.69) is 19.2 Å². The van der Waals surface area contributed by atoms with Crippen molar-refractivity contribution in [3.05, 3.63) is 0 Å². The topological polar surface area (TPSA) is 122 Å². The van der Waals surface area contributed by atoms with Gasteiger partial charge in [0.25, 0.3) is 0 Å². The Labute approximate surface area is 276 Å². The molecule has 212 valence electrons. The van der Waals surface area contributed by atoms with Crippen molar-refractivity contribution in [2.45, 2.75) is 117 Å². The van der Waals surface area contributed by atoms with Gasteiger partial charge in [0.15, 0.2) is 0 Å². The second-order valence-corrected chi connectivity index (χ2v) is 10.2. The Morgan fingerprint density at radius 3 is 1.66 bits per heavy atom. The second-order valence-electron chi connectivity index (χ2n) is 10.2. The Morgan fingerprint density at radius 2 is 1.16 bits per heavy atom. The number of rotatable bonds is 27. The minimum atomic E-state index is -1.17. The van der Waals surface area contributed by atoms with Crippen LogP contribution in [0.5, 0.6) is 0 Å². The van der Waals surface area contributed by atoms with Crippen LogP contribution in [0.15, 0.2) is 0 Å². The van der Waals surface area contributed by atoms with E-state index in [1.54, 1.807) is 0 Å². The van der Waals surface area contributed by atoms with E-state index >= 15 is 0 Å². The largest absolute Gasteiger partial charge is 1.00 e. The molecule has 0 spiro atoms. The predicted molar refractivity (Wildman–Crippen MR) is 139 cm³/mol. The Balaban J connectivity index is -0.00000612. The summed E-state index contributed by atoms with van der Waals surface area (Å²) in [6, 6.07) is 0. The summed E-state index contributed by atoms with van der Waals surface area (Å²) in [5, 5.41) is 24.0. The van der Waals surface area contributed by atoms with Gasteiger partial charge in [-0.2, -0.15) is 0 Å². The van der Waals surface area contributed by atoms with Gasteiger partial charge in [0.2, 0.25) is 5.91 Å². The molecule has 0 bridgehead atoms. The van der Waals surface area contributed by atoms with Gasteiger partial charge in [0.1, 0.15) is 0 Å². The van der Waals surface area contributed by atoms with Gasteiger partial charge in [0.05, 0.1) is 13.2 Å². The summed E-state index contributed by atoms with van der Waals surface area (Å²) in [6.07, 6.45) is 16.8. The average molecular weight is 559 g/mol. The molecule has 0 aromatic rings. The first-order valence-electron chi connectivity index (χ1n) is 14.3. The van der Waals surface area contributed by atoms with Crippen LogP contribution in [0, 0.1) is 5.92 Å². The molecule has 0 aromatic carbocycles. The molecule has 0 aliphatic heterocycles. The molecule has 1 amide bonds. The molecular formula is C28H52N2Na2O6. The van der Waals surface area contributed by atoms with E-state index in [-0.39, 0.29) is 91.1 Å². The van der Waals surface area contributed by atoms with Crippen molar-refractivity contribution in [2.75, 3.05) is 39.4 Å². The fourth-order valence-electron chi connectivity index (χ4n) is 4.08. The van der Waals surface area contributed by atoms with Crippen LogP contribution in [-0.4, -0.2) is 62.1 Å². The van der Waals surface area contributed by atoms with Gasteiger partial charge in [-0.05, 0) is 18.8 Å². The van der Waals surface area contributed by atoms with E-state index in [0.29, 0.717) is 32.6 Å². The summed E-state index contributed by atoms with van der Waals surface area (Å²) in [5.74, 6) is -1.44. The molecule has 0 unspecified atom stereocenters. The third-order valence-corrected chi connectivity index (χ3v) is 6.32. The number of ether oxygens (including phenoxy) is 1. The number of carbonyl (C=O) groups excluding carboxylic acids is 3. The molecule has 0 aliphatic carbocycles. The van der Waals surface area contributed by atoms with Crippen molar-refractivity contribution < 1.29 is 88.4 Å². The number of hydrogen-bond donors (Lipinski definition) is 1. The summed E-state index contributed by atoms with van der Waals surface area (Å²) in [5.41, 5.74) is 0. The van der Waals surface area contributed by atoms with Crippen LogP contribution in [0.25, 0.3) is 0 Å². The molecule has 0 saturated carbocycles. The molecule has 0 radical (unpaired) electrons. The molecule has 0 rings (SSSR count). The molecule has 38 heavy (non-hydrogen) atoms. The zero-order valence-electron chi connectivity index (χ0n) is 25.0. The fourth-order valence-corrected chi connectivity index (χ4v) is 4.08. The van der Waals surface area contributed by atoms with Crippen LogP contribution in [-0.2, 0) is 19.1 Å². The molecule has 8 nitrogen and oxygen atoms in total. The van der Waals surface area contributed by atoms with Gasteiger partial charge in [-0.1, -0.05) is 90.9 Å². The van der Waals surface area contributed by atoms with E-state index < -0.39 is 11.9 Å². The number of aliphatic carboxylic acids is 2. The van der Waals surface area contributed by atoms with Crippen LogP contribution in [0.4, 0.5) is 0 Å². The van der Waals surface area contributed by atoms with Crippen molar-refractivity contribution >= 4 is 17.8 Å². The van der Waals surface area contributed by atoms with E-state index in [9.17, 15) is 24.6 Å². The van der Waals surface area contributed by atoms with Gasteiger partial charge < -0.3 is 29.9 Å². The summed E-state index contributed by atoms with van der Waals surface area (Å²) < 4.78 is 5.23.